The molecule has 1 aromatic heterocycles. The standard InChI is InChI=1S/C28H29N5O/c34-28(27-15-16-33(30-27)26-13-5-2-6-14-26)29-21-23-9-7-8-10-24(23)22-31-17-19-32(20-18-31)25-11-3-1-4-12-25/h1-16H,17-22H2,(H,29,34). The Morgan fingerprint density at radius 1 is 0.735 bits per heavy atom. The van der Waals surface area contributed by atoms with E-state index in [9.17, 15) is 4.79 Å². The van der Waals surface area contributed by atoms with Gasteiger partial charge in [0.15, 0.2) is 5.69 Å². The van der Waals surface area contributed by atoms with E-state index < -0.39 is 0 Å². The zero-order chi connectivity index (χ0) is 23.2. The van der Waals surface area contributed by atoms with Crippen LogP contribution in [0.5, 0.6) is 0 Å². The molecule has 0 bridgehead atoms. The van der Waals surface area contributed by atoms with E-state index in [-0.39, 0.29) is 5.91 Å². The molecule has 0 atom stereocenters. The van der Waals surface area contributed by atoms with Crippen LogP contribution in [0.1, 0.15) is 21.6 Å². The highest BCUT2D eigenvalue weighted by Gasteiger charge is 2.18. The van der Waals surface area contributed by atoms with Gasteiger partial charge in [-0.2, -0.15) is 5.10 Å². The summed E-state index contributed by atoms with van der Waals surface area (Å²) in [5, 5.41) is 7.48. The summed E-state index contributed by atoms with van der Waals surface area (Å²) in [6, 6.07) is 30.5. The quantitative estimate of drug-likeness (QED) is 0.459. The highest BCUT2D eigenvalue weighted by Crippen LogP contribution is 2.18. The van der Waals surface area contributed by atoms with Crippen LogP contribution in [-0.2, 0) is 13.1 Å². The zero-order valence-electron chi connectivity index (χ0n) is 19.2. The van der Waals surface area contributed by atoms with E-state index in [0.29, 0.717) is 12.2 Å². The monoisotopic (exact) mass is 451 g/mol. The second kappa shape index (κ2) is 10.4. The average molecular weight is 452 g/mol. The SMILES string of the molecule is O=C(NCc1ccccc1CN1CCN(c2ccccc2)CC1)c1ccn(-c2ccccc2)n1. The summed E-state index contributed by atoms with van der Waals surface area (Å²) < 4.78 is 1.72. The van der Waals surface area contributed by atoms with Gasteiger partial charge in [-0.1, -0.05) is 60.7 Å². The zero-order valence-corrected chi connectivity index (χ0v) is 19.2. The molecule has 2 heterocycles. The van der Waals surface area contributed by atoms with Gasteiger partial charge < -0.3 is 10.2 Å². The lowest BCUT2D eigenvalue weighted by atomic mass is 10.1. The first kappa shape index (κ1) is 21.9. The predicted octanol–water partition coefficient (Wildman–Crippen LogP) is 4.12. The van der Waals surface area contributed by atoms with E-state index in [4.69, 9.17) is 0 Å². The summed E-state index contributed by atoms with van der Waals surface area (Å²) in [6.07, 6.45) is 1.81. The molecule has 172 valence electrons. The summed E-state index contributed by atoms with van der Waals surface area (Å²) in [6.45, 7) is 5.45. The van der Waals surface area contributed by atoms with Gasteiger partial charge in [-0.15, -0.1) is 0 Å². The first-order chi connectivity index (χ1) is 16.8. The van der Waals surface area contributed by atoms with Gasteiger partial charge >= 0.3 is 0 Å². The number of amides is 1. The van der Waals surface area contributed by atoms with Crippen LogP contribution in [0.25, 0.3) is 5.69 Å². The van der Waals surface area contributed by atoms with Crippen molar-refractivity contribution in [3.63, 3.8) is 0 Å². The maximum absolute atomic E-state index is 12.7. The predicted molar refractivity (Wildman–Crippen MR) is 135 cm³/mol. The number of hydrogen-bond acceptors (Lipinski definition) is 4. The molecule has 34 heavy (non-hydrogen) atoms. The molecule has 3 aromatic carbocycles. The van der Waals surface area contributed by atoms with Crippen LogP contribution in [-0.4, -0.2) is 46.8 Å². The number of rotatable bonds is 7. The molecule has 6 nitrogen and oxygen atoms in total. The third-order valence-electron chi connectivity index (χ3n) is 6.29. The number of hydrogen-bond donors (Lipinski definition) is 1. The minimum atomic E-state index is -0.166. The van der Waals surface area contributed by atoms with E-state index in [0.717, 1.165) is 44.0 Å². The number of anilines is 1. The van der Waals surface area contributed by atoms with E-state index in [1.807, 2.05) is 42.6 Å². The summed E-state index contributed by atoms with van der Waals surface area (Å²) >= 11 is 0. The Bertz CT molecular complexity index is 1210. The van der Waals surface area contributed by atoms with Crippen molar-refractivity contribution in [1.29, 1.82) is 0 Å². The summed E-state index contributed by atoms with van der Waals surface area (Å²) in [7, 11) is 0. The van der Waals surface area contributed by atoms with Crippen LogP contribution < -0.4 is 10.2 Å². The largest absolute Gasteiger partial charge is 0.369 e. The van der Waals surface area contributed by atoms with Gasteiger partial charge in [0, 0.05) is 51.2 Å². The van der Waals surface area contributed by atoms with Crippen molar-refractivity contribution in [3.8, 4) is 5.69 Å². The van der Waals surface area contributed by atoms with E-state index in [1.54, 1.807) is 10.7 Å². The molecule has 1 saturated heterocycles. The number of aromatic nitrogens is 2. The van der Waals surface area contributed by atoms with E-state index >= 15 is 0 Å². The lowest BCUT2D eigenvalue weighted by Crippen LogP contribution is -2.46. The molecular weight excluding hydrogens is 422 g/mol. The van der Waals surface area contributed by atoms with Crippen LogP contribution in [0.3, 0.4) is 0 Å². The number of carbonyl (C=O) groups excluding carboxylic acids is 1. The molecule has 1 N–H and O–H groups in total. The van der Waals surface area contributed by atoms with E-state index in [2.05, 4.69) is 68.7 Å². The molecule has 1 fully saturated rings. The second-order valence-corrected chi connectivity index (χ2v) is 8.53. The van der Waals surface area contributed by atoms with Crippen molar-refractivity contribution in [2.45, 2.75) is 13.1 Å². The first-order valence-corrected chi connectivity index (χ1v) is 11.7. The molecule has 4 aromatic rings. The topological polar surface area (TPSA) is 53.4 Å². The third-order valence-corrected chi connectivity index (χ3v) is 6.29. The Hall–Kier alpha value is -3.90. The number of para-hydroxylation sites is 2. The summed E-state index contributed by atoms with van der Waals surface area (Å²) in [4.78, 5) is 17.7. The normalized spacial score (nSPS) is 14.2. The lowest BCUT2D eigenvalue weighted by Gasteiger charge is -2.36. The Labute approximate surface area is 200 Å². The molecule has 0 radical (unpaired) electrons. The molecule has 0 unspecified atom stereocenters. The molecule has 1 aliphatic heterocycles. The molecular formula is C28H29N5O. The number of benzene rings is 3. The van der Waals surface area contributed by atoms with Crippen molar-refractivity contribution in [2.24, 2.45) is 0 Å². The fourth-order valence-electron chi connectivity index (χ4n) is 4.36. The summed E-state index contributed by atoms with van der Waals surface area (Å²) in [5.74, 6) is -0.166. The highest BCUT2D eigenvalue weighted by atomic mass is 16.1. The molecule has 6 heteroatoms. The molecule has 5 rings (SSSR count). The Balaban J connectivity index is 1.17. The Morgan fingerprint density at radius 3 is 2.06 bits per heavy atom. The van der Waals surface area contributed by atoms with Gasteiger partial charge in [0.2, 0.25) is 0 Å². The van der Waals surface area contributed by atoms with Gasteiger partial charge in [-0.05, 0) is 41.5 Å². The van der Waals surface area contributed by atoms with Crippen LogP contribution >= 0.6 is 0 Å². The van der Waals surface area contributed by atoms with Crippen LogP contribution in [0.2, 0.25) is 0 Å². The third kappa shape index (κ3) is 5.18. The molecule has 1 aliphatic rings. The number of nitrogens with zero attached hydrogens (tertiary/aromatic N) is 4. The molecule has 0 saturated carbocycles. The minimum Gasteiger partial charge on any atom is -0.369 e. The van der Waals surface area contributed by atoms with Crippen molar-refractivity contribution < 1.29 is 4.79 Å². The maximum atomic E-state index is 12.7. The van der Waals surface area contributed by atoms with Crippen LogP contribution in [0.4, 0.5) is 5.69 Å². The highest BCUT2D eigenvalue weighted by molar-refractivity contribution is 5.92. The van der Waals surface area contributed by atoms with Crippen molar-refractivity contribution in [3.05, 3.63) is 114 Å². The Morgan fingerprint density at radius 2 is 1.35 bits per heavy atom. The van der Waals surface area contributed by atoms with Crippen molar-refractivity contribution >= 4 is 11.6 Å². The maximum Gasteiger partial charge on any atom is 0.272 e. The second-order valence-electron chi connectivity index (χ2n) is 8.53. The number of carbonyl (C=O) groups is 1. The van der Waals surface area contributed by atoms with Gasteiger partial charge in [-0.3, -0.25) is 9.69 Å². The number of nitrogens with one attached hydrogen (secondary N) is 1. The average Bonchev–Trinajstić information content (AvgIpc) is 3.40. The first-order valence-electron chi connectivity index (χ1n) is 11.7. The van der Waals surface area contributed by atoms with Crippen LogP contribution in [0, 0.1) is 0 Å². The number of piperazine rings is 1. The van der Waals surface area contributed by atoms with Gasteiger partial charge in [-0.25, -0.2) is 4.68 Å². The van der Waals surface area contributed by atoms with Gasteiger partial charge in [0.1, 0.15) is 0 Å². The van der Waals surface area contributed by atoms with Crippen LogP contribution in [0.15, 0.2) is 97.2 Å². The van der Waals surface area contributed by atoms with Crippen molar-refractivity contribution in [1.82, 2.24) is 20.0 Å². The van der Waals surface area contributed by atoms with E-state index in [1.165, 1.54) is 11.3 Å². The Kier molecular flexibility index (Phi) is 6.68. The lowest BCUT2D eigenvalue weighted by molar-refractivity contribution is 0.0945. The van der Waals surface area contributed by atoms with Gasteiger partial charge in [0.05, 0.1) is 5.69 Å². The molecule has 1 amide bonds. The van der Waals surface area contributed by atoms with Crippen molar-refractivity contribution in [2.75, 3.05) is 31.1 Å². The minimum absolute atomic E-state index is 0.166. The smallest absolute Gasteiger partial charge is 0.272 e. The fourth-order valence-corrected chi connectivity index (χ4v) is 4.36. The van der Waals surface area contributed by atoms with Gasteiger partial charge in [0.25, 0.3) is 5.91 Å². The molecule has 0 spiro atoms. The fraction of sp³-hybridized carbons (Fsp3) is 0.214. The molecule has 0 aliphatic carbocycles. The summed E-state index contributed by atoms with van der Waals surface area (Å²) in [5.41, 5.74) is 5.03.